The van der Waals surface area contributed by atoms with Crippen LogP contribution in [0.3, 0.4) is 0 Å². The van der Waals surface area contributed by atoms with Crippen molar-refractivity contribution in [1.29, 1.82) is 0 Å². The largest absolute Gasteiger partial charge is 0.365 e. The van der Waals surface area contributed by atoms with E-state index in [2.05, 4.69) is 20.8 Å². The van der Waals surface area contributed by atoms with Crippen molar-refractivity contribution in [3.8, 4) is 0 Å². The number of hydrogen-bond donors (Lipinski definition) is 2. The van der Waals surface area contributed by atoms with Gasteiger partial charge in [0.25, 0.3) is 0 Å². The van der Waals surface area contributed by atoms with Crippen molar-refractivity contribution in [2.75, 3.05) is 18.4 Å². The lowest BCUT2D eigenvalue weighted by atomic mass is 10.1. The number of rotatable bonds is 2. The molecule has 0 bridgehead atoms. The van der Waals surface area contributed by atoms with Gasteiger partial charge >= 0.3 is 0 Å². The summed E-state index contributed by atoms with van der Waals surface area (Å²) in [5, 5.41) is 14.6. The quantitative estimate of drug-likeness (QED) is 0.735. The van der Waals surface area contributed by atoms with Crippen LogP contribution < -0.4 is 10.6 Å². The fourth-order valence-electron chi connectivity index (χ4n) is 1.73. The lowest BCUT2D eigenvalue weighted by Gasteiger charge is -2.16. The molecule has 2 N–H and O–H groups in total. The topological polar surface area (TPSA) is 49.8 Å². The Kier molecular flexibility index (Phi) is 3.29. The molecule has 0 saturated carbocycles. The van der Waals surface area contributed by atoms with Crippen molar-refractivity contribution in [3.05, 3.63) is 18.3 Å². The van der Waals surface area contributed by atoms with Crippen LogP contribution in [0, 0.1) is 0 Å². The Balaban J connectivity index is 1.90. The Morgan fingerprint density at radius 2 is 2.43 bits per heavy atom. The Morgan fingerprint density at radius 1 is 1.43 bits per heavy atom. The number of anilines is 1. The first-order valence-electron chi connectivity index (χ1n) is 5.20. The second-order valence-electron chi connectivity index (χ2n) is 3.65. The van der Waals surface area contributed by atoms with Crippen LogP contribution in [0.25, 0.3) is 0 Å². The van der Waals surface area contributed by atoms with Gasteiger partial charge in [0.05, 0.1) is 0 Å². The summed E-state index contributed by atoms with van der Waals surface area (Å²) in [5.41, 5.74) is 0. The molecule has 0 radical (unpaired) electrons. The number of nitrogens with zero attached hydrogens (tertiary/aromatic N) is 2. The number of aromatic nitrogens is 2. The Morgan fingerprint density at radius 3 is 3.29 bits per heavy atom. The zero-order valence-corrected chi connectivity index (χ0v) is 8.24. The minimum absolute atomic E-state index is 0.495. The van der Waals surface area contributed by atoms with E-state index in [4.69, 9.17) is 0 Å². The minimum Gasteiger partial charge on any atom is -0.365 e. The van der Waals surface area contributed by atoms with E-state index >= 15 is 0 Å². The lowest BCUT2D eigenvalue weighted by Crippen LogP contribution is -2.31. The van der Waals surface area contributed by atoms with Gasteiger partial charge < -0.3 is 10.6 Å². The first kappa shape index (κ1) is 9.40. The predicted octanol–water partition coefficient (Wildman–Crippen LogP) is 1.03. The highest BCUT2D eigenvalue weighted by molar-refractivity contribution is 5.33. The first-order chi connectivity index (χ1) is 6.95. The van der Waals surface area contributed by atoms with E-state index in [1.54, 1.807) is 6.20 Å². The molecule has 0 amide bonds. The Labute approximate surface area is 84.1 Å². The van der Waals surface area contributed by atoms with Gasteiger partial charge in [-0.3, -0.25) is 0 Å². The average molecular weight is 192 g/mol. The van der Waals surface area contributed by atoms with Gasteiger partial charge in [-0.25, -0.2) is 0 Å². The minimum atomic E-state index is 0.495. The molecule has 1 unspecified atom stereocenters. The van der Waals surface area contributed by atoms with Crippen LogP contribution in [0.2, 0.25) is 0 Å². The van der Waals surface area contributed by atoms with Gasteiger partial charge in [0.15, 0.2) is 0 Å². The monoisotopic (exact) mass is 192 g/mol. The van der Waals surface area contributed by atoms with Crippen molar-refractivity contribution < 1.29 is 0 Å². The summed E-state index contributed by atoms with van der Waals surface area (Å²) in [6.45, 7) is 2.16. The van der Waals surface area contributed by atoms with Crippen LogP contribution in [0.4, 0.5) is 5.82 Å². The maximum Gasteiger partial charge on any atom is 0.148 e. The van der Waals surface area contributed by atoms with Crippen LogP contribution in [-0.4, -0.2) is 29.3 Å². The molecule has 1 saturated heterocycles. The highest BCUT2D eigenvalue weighted by Crippen LogP contribution is 2.09. The SMILES string of the molecule is c1cnnc(NC2CCCCNC2)c1. The molecular weight excluding hydrogens is 176 g/mol. The summed E-state index contributed by atoms with van der Waals surface area (Å²) in [6.07, 6.45) is 5.46. The molecule has 1 aliphatic rings. The van der Waals surface area contributed by atoms with E-state index in [9.17, 15) is 0 Å². The summed E-state index contributed by atoms with van der Waals surface area (Å²) >= 11 is 0. The second-order valence-corrected chi connectivity index (χ2v) is 3.65. The number of nitrogens with one attached hydrogen (secondary N) is 2. The number of hydrogen-bond acceptors (Lipinski definition) is 4. The molecule has 2 heterocycles. The van der Waals surface area contributed by atoms with Crippen molar-refractivity contribution >= 4 is 5.82 Å². The van der Waals surface area contributed by atoms with Crippen molar-refractivity contribution in [2.24, 2.45) is 0 Å². The highest BCUT2D eigenvalue weighted by atomic mass is 15.2. The maximum absolute atomic E-state index is 4.01. The van der Waals surface area contributed by atoms with Gasteiger partial charge in [0.1, 0.15) is 5.82 Å². The van der Waals surface area contributed by atoms with E-state index in [1.807, 2.05) is 12.1 Å². The summed E-state index contributed by atoms with van der Waals surface area (Å²) in [5.74, 6) is 0.876. The fraction of sp³-hybridized carbons (Fsp3) is 0.600. The summed E-state index contributed by atoms with van der Waals surface area (Å²) in [7, 11) is 0. The molecule has 0 aliphatic carbocycles. The molecule has 4 nitrogen and oxygen atoms in total. The third kappa shape index (κ3) is 2.67. The summed E-state index contributed by atoms with van der Waals surface area (Å²) in [6, 6.07) is 4.35. The van der Waals surface area contributed by atoms with E-state index in [-0.39, 0.29) is 0 Å². The molecule has 76 valence electrons. The molecule has 0 aromatic carbocycles. The molecule has 4 heteroatoms. The van der Waals surface area contributed by atoms with Gasteiger partial charge in [-0.15, -0.1) is 5.10 Å². The normalized spacial score (nSPS) is 22.7. The van der Waals surface area contributed by atoms with E-state index < -0.39 is 0 Å². The lowest BCUT2D eigenvalue weighted by molar-refractivity contribution is 0.632. The molecule has 1 atom stereocenters. The maximum atomic E-state index is 4.01. The predicted molar refractivity (Wildman–Crippen MR) is 56.2 cm³/mol. The molecule has 14 heavy (non-hydrogen) atoms. The third-order valence-electron chi connectivity index (χ3n) is 2.47. The van der Waals surface area contributed by atoms with Crippen LogP contribution in [-0.2, 0) is 0 Å². The Bertz CT molecular complexity index is 254. The molecular formula is C10H16N4. The van der Waals surface area contributed by atoms with E-state index in [0.29, 0.717) is 6.04 Å². The average Bonchev–Trinajstić information content (AvgIpc) is 2.48. The van der Waals surface area contributed by atoms with Crippen molar-refractivity contribution in [1.82, 2.24) is 15.5 Å². The van der Waals surface area contributed by atoms with Crippen LogP contribution in [0.1, 0.15) is 19.3 Å². The molecule has 2 rings (SSSR count). The molecule has 1 aliphatic heterocycles. The first-order valence-corrected chi connectivity index (χ1v) is 5.20. The second kappa shape index (κ2) is 4.91. The molecule has 1 fully saturated rings. The standard InChI is InChI=1S/C10H16N4/c1-2-6-11-8-9(4-1)13-10-5-3-7-12-14-10/h3,5,7,9,11H,1-2,4,6,8H2,(H,13,14). The summed E-state index contributed by atoms with van der Waals surface area (Å²) in [4.78, 5) is 0. The van der Waals surface area contributed by atoms with Gasteiger partial charge in [0, 0.05) is 18.8 Å². The summed E-state index contributed by atoms with van der Waals surface area (Å²) < 4.78 is 0. The Hall–Kier alpha value is -1.16. The third-order valence-corrected chi connectivity index (χ3v) is 2.47. The smallest absolute Gasteiger partial charge is 0.148 e. The van der Waals surface area contributed by atoms with Crippen LogP contribution >= 0.6 is 0 Å². The molecule has 0 spiro atoms. The highest BCUT2D eigenvalue weighted by Gasteiger charge is 2.11. The van der Waals surface area contributed by atoms with Gasteiger partial charge in [-0.05, 0) is 31.5 Å². The van der Waals surface area contributed by atoms with Gasteiger partial charge in [-0.1, -0.05) is 6.42 Å². The van der Waals surface area contributed by atoms with E-state index in [1.165, 1.54) is 19.3 Å². The van der Waals surface area contributed by atoms with Gasteiger partial charge in [0.2, 0.25) is 0 Å². The van der Waals surface area contributed by atoms with Gasteiger partial charge in [-0.2, -0.15) is 5.10 Å². The molecule has 1 aromatic rings. The van der Waals surface area contributed by atoms with Crippen LogP contribution in [0.15, 0.2) is 18.3 Å². The van der Waals surface area contributed by atoms with E-state index in [0.717, 1.165) is 18.9 Å². The van der Waals surface area contributed by atoms with Crippen LogP contribution in [0.5, 0.6) is 0 Å². The zero-order valence-electron chi connectivity index (χ0n) is 8.24. The zero-order chi connectivity index (χ0) is 9.64. The fourth-order valence-corrected chi connectivity index (χ4v) is 1.73. The van der Waals surface area contributed by atoms with Crippen molar-refractivity contribution in [3.63, 3.8) is 0 Å². The molecule has 1 aromatic heterocycles. The van der Waals surface area contributed by atoms with Crippen molar-refractivity contribution in [2.45, 2.75) is 25.3 Å².